The van der Waals surface area contributed by atoms with Gasteiger partial charge < -0.3 is 15.9 Å². The van der Waals surface area contributed by atoms with E-state index in [0.29, 0.717) is 17.0 Å². The first-order valence-electron chi connectivity index (χ1n) is 4.81. The Hall–Kier alpha value is -0.480. The van der Waals surface area contributed by atoms with Gasteiger partial charge in [-0.1, -0.05) is 11.6 Å². The molecular formula is C11H17Cl2NO2. The molecule has 16 heavy (non-hydrogen) atoms. The van der Waals surface area contributed by atoms with Gasteiger partial charge in [0, 0.05) is 11.1 Å². The summed E-state index contributed by atoms with van der Waals surface area (Å²) >= 11 is 6.07. The molecule has 0 aliphatic rings. The van der Waals surface area contributed by atoms with Gasteiger partial charge in [0.25, 0.3) is 0 Å². The van der Waals surface area contributed by atoms with Crippen LogP contribution in [0.25, 0.3) is 0 Å². The Morgan fingerprint density at radius 3 is 2.50 bits per heavy atom. The lowest BCUT2D eigenvalue weighted by atomic mass is 9.98. The molecule has 0 aliphatic carbocycles. The first kappa shape index (κ1) is 15.5. The summed E-state index contributed by atoms with van der Waals surface area (Å²) in [6.45, 7) is 3.57. The first-order chi connectivity index (χ1) is 6.97. The van der Waals surface area contributed by atoms with Crippen LogP contribution in [0.15, 0.2) is 6.07 Å². The highest BCUT2D eigenvalue weighted by Crippen LogP contribution is 2.31. The van der Waals surface area contributed by atoms with Gasteiger partial charge in [-0.2, -0.15) is 0 Å². The average Bonchev–Trinajstić information content (AvgIpc) is 2.21. The fourth-order valence-corrected chi connectivity index (χ4v) is 1.73. The van der Waals surface area contributed by atoms with Crippen LogP contribution in [-0.4, -0.2) is 22.9 Å². The lowest BCUT2D eigenvalue weighted by Gasteiger charge is -2.15. The Balaban J connectivity index is 0.00000225. The number of phenols is 1. The Morgan fingerprint density at radius 1 is 1.44 bits per heavy atom. The van der Waals surface area contributed by atoms with Gasteiger partial charge in [0.2, 0.25) is 0 Å². The molecule has 1 unspecified atom stereocenters. The molecule has 1 aromatic rings. The van der Waals surface area contributed by atoms with Crippen LogP contribution >= 0.6 is 24.0 Å². The van der Waals surface area contributed by atoms with E-state index in [1.54, 1.807) is 6.07 Å². The molecule has 0 heterocycles. The molecule has 1 aromatic carbocycles. The van der Waals surface area contributed by atoms with Crippen LogP contribution in [0.3, 0.4) is 0 Å². The largest absolute Gasteiger partial charge is 0.508 e. The molecule has 0 radical (unpaired) electrons. The Labute approximate surface area is 107 Å². The zero-order valence-electron chi connectivity index (χ0n) is 9.33. The molecule has 0 saturated heterocycles. The second-order valence-corrected chi connectivity index (χ2v) is 4.15. The van der Waals surface area contributed by atoms with E-state index in [9.17, 15) is 5.11 Å². The van der Waals surface area contributed by atoms with Crippen molar-refractivity contribution in [3.8, 4) is 5.75 Å². The van der Waals surface area contributed by atoms with E-state index in [4.69, 9.17) is 22.4 Å². The third kappa shape index (κ3) is 3.25. The predicted molar refractivity (Wildman–Crippen MR) is 68.6 cm³/mol. The summed E-state index contributed by atoms with van der Waals surface area (Å²) in [5.74, 6) is 0.193. The number of rotatable bonds is 3. The lowest BCUT2D eigenvalue weighted by molar-refractivity contribution is 0.264. The zero-order valence-corrected chi connectivity index (χ0v) is 10.9. The molecule has 1 rings (SSSR count). The number of nitrogens with two attached hydrogens (primary N) is 1. The van der Waals surface area contributed by atoms with E-state index >= 15 is 0 Å². The van der Waals surface area contributed by atoms with Gasteiger partial charge in [0.1, 0.15) is 5.75 Å². The summed E-state index contributed by atoms with van der Waals surface area (Å²) < 4.78 is 0. The number of benzene rings is 1. The summed E-state index contributed by atoms with van der Waals surface area (Å²) in [6, 6.07) is 1.25. The van der Waals surface area contributed by atoms with E-state index in [-0.39, 0.29) is 30.8 Å². The van der Waals surface area contributed by atoms with Crippen molar-refractivity contribution in [2.75, 3.05) is 6.61 Å². The molecule has 3 nitrogen and oxygen atoms in total. The highest BCUT2D eigenvalue weighted by Gasteiger charge is 2.13. The van der Waals surface area contributed by atoms with Crippen molar-refractivity contribution in [1.82, 2.24) is 0 Å². The number of hydrogen-bond acceptors (Lipinski definition) is 3. The van der Waals surface area contributed by atoms with Crippen molar-refractivity contribution in [1.29, 1.82) is 0 Å². The maximum Gasteiger partial charge on any atom is 0.119 e. The number of hydrogen-bond donors (Lipinski definition) is 3. The van der Waals surface area contributed by atoms with E-state index in [2.05, 4.69) is 0 Å². The van der Waals surface area contributed by atoms with Crippen molar-refractivity contribution in [3.63, 3.8) is 0 Å². The van der Waals surface area contributed by atoms with Crippen LogP contribution in [0, 0.1) is 13.8 Å². The average molecular weight is 266 g/mol. The molecule has 1 atom stereocenters. The molecule has 0 aromatic heterocycles. The van der Waals surface area contributed by atoms with Crippen LogP contribution < -0.4 is 5.73 Å². The molecule has 0 spiro atoms. The summed E-state index contributed by atoms with van der Waals surface area (Å²) in [5.41, 5.74) is 8.01. The minimum Gasteiger partial charge on any atom is -0.508 e. The van der Waals surface area contributed by atoms with Crippen LogP contribution in [-0.2, 0) is 6.42 Å². The standard InChI is InChI=1S/C11H16ClNO2.ClH/c1-6-3-10(15)9(4-8(13)5-14)7(2)11(6)12;/h3,8,14-15H,4-5,13H2,1-2H3;1H. The molecule has 0 aliphatic heterocycles. The molecule has 4 N–H and O–H groups in total. The van der Waals surface area contributed by atoms with Crippen molar-refractivity contribution >= 4 is 24.0 Å². The highest BCUT2D eigenvalue weighted by molar-refractivity contribution is 6.32. The highest BCUT2D eigenvalue weighted by atomic mass is 35.5. The number of aromatic hydroxyl groups is 1. The van der Waals surface area contributed by atoms with Crippen molar-refractivity contribution in [2.45, 2.75) is 26.3 Å². The number of aliphatic hydroxyl groups is 1. The second-order valence-electron chi connectivity index (χ2n) is 3.78. The maximum absolute atomic E-state index is 9.75. The number of halogens is 2. The van der Waals surface area contributed by atoms with Gasteiger partial charge in [-0.15, -0.1) is 12.4 Å². The number of aryl methyl sites for hydroxylation is 1. The summed E-state index contributed by atoms with van der Waals surface area (Å²) in [6.07, 6.45) is 0.425. The third-order valence-corrected chi connectivity index (χ3v) is 3.07. The van der Waals surface area contributed by atoms with Crippen LogP contribution in [0.1, 0.15) is 16.7 Å². The fourth-order valence-electron chi connectivity index (χ4n) is 1.56. The number of aliphatic hydroxyl groups excluding tert-OH is 1. The minimum atomic E-state index is -0.367. The molecular weight excluding hydrogens is 249 g/mol. The molecule has 0 fully saturated rings. The summed E-state index contributed by atoms with van der Waals surface area (Å²) in [7, 11) is 0. The molecule has 0 amide bonds. The van der Waals surface area contributed by atoms with Crippen molar-refractivity contribution in [3.05, 3.63) is 27.8 Å². The Kier molecular flexibility index (Phi) is 6.11. The minimum absolute atomic E-state index is 0. The van der Waals surface area contributed by atoms with Crippen LogP contribution in [0.5, 0.6) is 5.75 Å². The molecule has 92 valence electrons. The van der Waals surface area contributed by atoms with Crippen LogP contribution in [0.2, 0.25) is 5.02 Å². The Morgan fingerprint density at radius 2 is 2.00 bits per heavy atom. The summed E-state index contributed by atoms with van der Waals surface area (Å²) in [5, 5.41) is 19.3. The van der Waals surface area contributed by atoms with Crippen molar-refractivity contribution in [2.24, 2.45) is 5.73 Å². The van der Waals surface area contributed by atoms with Gasteiger partial charge in [-0.05, 0) is 43.0 Å². The quantitative estimate of drug-likeness (QED) is 0.783. The zero-order chi connectivity index (χ0) is 11.6. The van der Waals surface area contributed by atoms with Gasteiger partial charge in [0.15, 0.2) is 0 Å². The SMILES string of the molecule is Cc1cc(O)c(CC(N)CO)c(C)c1Cl.Cl. The molecule has 0 bridgehead atoms. The van der Waals surface area contributed by atoms with E-state index in [0.717, 1.165) is 11.1 Å². The topological polar surface area (TPSA) is 66.5 Å². The smallest absolute Gasteiger partial charge is 0.119 e. The second kappa shape index (κ2) is 6.30. The van der Waals surface area contributed by atoms with Gasteiger partial charge in [-0.3, -0.25) is 0 Å². The lowest BCUT2D eigenvalue weighted by Crippen LogP contribution is -2.27. The maximum atomic E-state index is 9.75. The normalized spacial score (nSPS) is 12.1. The predicted octanol–water partition coefficient (Wildman–Crippen LogP) is 1.95. The molecule has 5 heteroatoms. The number of phenolic OH excluding ortho intramolecular Hbond substituents is 1. The van der Waals surface area contributed by atoms with E-state index in [1.807, 2.05) is 13.8 Å². The van der Waals surface area contributed by atoms with E-state index in [1.165, 1.54) is 0 Å². The monoisotopic (exact) mass is 265 g/mol. The van der Waals surface area contributed by atoms with Gasteiger partial charge in [0.05, 0.1) is 6.61 Å². The van der Waals surface area contributed by atoms with Crippen molar-refractivity contribution < 1.29 is 10.2 Å². The fraction of sp³-hybridized carbons (Fsp3) is 0.455. The van der Waals surface area contributed by atoms with E-state index < -0.39 is 0 Å². The van der Waals surface area contributed by atoms with Gasteiger partial charge >= 0.3 is 0 Å². The third-order valence-electron chi connectivity index (χ3n) is 2.49. The van der Waals surface area contributed by atoms with Crippen LogP contribution in [0.4, 0.5) is 0 Å². The van der Waals surface area contributed by atoms with Gasteiger partial charge in [-0.25, -0.2) is 0 Å². The first-order valence-corrected chi connectivity index (χ1v) is 5.19. The molecule has 0 saturated carbocycles. The summed E-state index contributed by atoms with van der Waals surface area (Å²) in [4.78, 5) is 0. The Bertz CT molecular complexity index is 369.